The minimum Gasteiger partial charge on any atom is -0.325 e. The molecule has 2 aromatic carbocycles. The number of aryl methyl sites for hydroxylation is 2. The summed E-state index contributed by atoms with van der Waals surface area (Å²) in [6, 6.07) is 11.7. The van der Waals surface area contributed by atoms with Crippen LogP contribution in [0.25, 0.3) is 0 Å². The first-order valence-electron chi connectivity index (χ1n) is 7.88. The van der Waals surface area contributed by atoms with Crippen molar-refractivity contribution >= 4 is 28.9 Å². The van der Waals surface area contributed by atoms with E-state index >= 15 is 0 Å². The molecule has 0 unspecified atom stereocenters. The SMILES string of the molecule is Cc1ccc(NC(=O)CN2C(=O)CCc3cc([N+](=O)[O-])ccc32)cc1. The maximum absolute atomic E-state index is 12.3. The van der Waals surface area contributed by atoms with Gasteiger partial charge in [0.25, 0.3) is 5.69 Å². The zero-order chi connectivity index (χ0) is 18.0. The average Bonchev–Trinajstić information content (AvgIpc) is 2.59. The number of nitro benzene ring substituents is 1. The molecular weight excluding hydrogens is 322 g/mol. The molecule has 1 heterocycles. The summed E-state index contributed by atoms with van der Waals surface area (Å²) in [4.78, 5) is 36.3. The standard InChI is InChI=1S/C18H17N3O4/c1-12-2-5-14(6-3-12)19-17(22)11-20-16-8-7-15(21(24)25)10-13(16)4-9-18(20)23/h2-3,5-8,10H,4,9,11H2,1H3,(H,19,22). The van der Waals surface area contributed by atoms with Crippen molar-refractivity contribution in [1.29, 1.82) is 0 Å². The molecule has 0 fully saturated rings. The number of nitro groups is 1. The van der Waals surface area contributed by atoms with Crippen LogP contribution in [0.4, 0.5) is 17.1 Å². The van der Waals surface area contributed by atoms with Crippen LogP contribution in [0.1, 0.15) is 17.5 Å². The molecule has 0 spiro atoms. The van der Waals surface area contributed by atoms with Gasteiger partial charge in [0, 0.05) is 29.9 Å². The molecule has 0 aliphatic carbocycles. The number of nitrogens with zero attached hydrogens (tertiary/aromatic N) is 2. The summed E-state index contributed by atoms with van der Waals surface area (Å²) in [6.45, 7) is 1.83. The fraction of sp³-hybridized carbons (Fsp3) is 0.222. The van der Waals surface area contributed by atoms with Gasteiger partial charge in [-0.25, -0.2) is 0 Å². The lowest BCUT2D eigenvalue weighted by atomic mass is 10.0. The van der Waals surface area contributed by atoms with Crippen LogP contribution in [-0.4, -0.2) is 23.3 Å². The molecule has 0 saturated heterocycles. The van der Waals surface area contributed by atoms with Crippen molar-refractivity contribution in [2.75, 3.05) is 16.8 Å². The highest BCUT2D eigenvalue weighted by molar-refractivity contribution is 6.04. The van der Waals surface area contributed by atoms with Gasteiger partial charge in [0.05, 0.1) is 4.92 Å². The first-order valence-corrected chi connectivity index (χ1v) is 7.88. The highest BCUT2D eigenvalue weighted by Crippen LogP contribution is 2.30. The Hall–Kier alpha value is -3.22. The number of amides is 2. The topological polar surface area (TPSA) is 92.6 Å². The molecule has 128 valence electrons. The normalized spacial score (nSPS) is 13.3. The first kappa shape index (κ1) is 16.6. The monoisotopic (exact) mass is 339 g/mol. The molecule has 1 aliphatic rings. The van der Waals surface area contributed by atoms with Gasteiger partial charge < -0.3 is 10.2 Å². The van der Waals surface area contributed by atoms with Gasteiger partial charge in [-0.05, 0) is 37.1 Å². The lowest BCUT2D eigenvalue weighted by molar-refractivity contribution is -0.384. The lowest BCUT2D eigenvalue weighted by Crippen LogP contribution is -2.40. The molecular formula is C18H17N3O4. The number of hydrogen-bond donors (Lipinski definition) is 1. The average molecular weight is 339 g/mol. The Morgan fingerprint density at radius 1 is 1.20 bits per heavy atom. The number of nitrogens with one attached hydrogen (secondary N) is 1. The second kappa shape index (κ2) is 6.72. The van der Waals surface area contributed by atoms with Crippen molar-refractivity contribution in [2.24, 2.45) is 0 Å². The van der Waals surface area contributed by atoms with E-state index in [0.717, 1.165) is 5.56 Å². The number of carbonyl (C=O) groups is 2. The molecule has 7 nitrogen and oxygen atoms in total. The quantitative estimate of drug-likeness (QED) is 0.685. The molecule has 3 rings (SSSR count). The van der Waals surface area contributed by atoms with Gasteiger partial charge in [-0.2, -0.15) is 0 Å². The predicted octanol–water partition coefficient (Wildman–Crippen LogP) is 2.82. The zero-order valence-corrected chi connectivity index (χ0v) is 13.7. The predicted molar refractivity (Wildman–Crippen MR) is 93.6 cm³/mol. The van der Waals surface area contributed by atoms with E-state index in [0.29, 0.717) is 23.4 Å². The molecule has 1 N–H and O–H groups in total. The number of carbonyl (C=O) groups excluding carboxylic acids is 2. The highest BCUT2D eigenvalue weighted by Gasteiger charge is 2.27. The molecule has 1 aliphatic heterocycles. The molecule has 0 bridgehead atoms. The van der Waals surface area contributed by atoms with Crippen LogP contribution in [0.5, 0.6) is 0 Å². The molecule has 7 heteroatoms. The van der Waals surface area contributed by atoms with Crippen LogP contribution in [0.15, 0.2) is 42.5 Å². The van der Waals surface area contributed by atoms with Crippen molar-refractivity contribution < 1.29 is 14.5 Å². The van der Waals surface area contributed by atoms with Crippen LogP contribution in [0.2, 0.25) is 0 Å². The van der Waals surface area contributed by atoms with E-state index in [-0.39, 0.29) is 30.5 Å². The van der Waals surface area contributed by atoms with Crippen LogP contribution in [-0.2, 0) is 16.0 Å². The molecule has 2 amide bonds. The summed E-state index contributed by atoms with van der Waals surface area (Å²) < 4.78 is 0. The number of fused-ring (bicyclic) bond motifs is 1. The van der Waals surface area contributed by atoms with Gasteiger partial charge in [0.2, 0.25) is 11.8 Å². The van der Waals surface area contributed by atoms with Crippen molar-refractivity contribution in [2.45, 2.75) is 19.8 Å². The van der Waals surface area contributed by atoms with Gasteiger partial charge >= 0.3 is 0 Å². The van der Waals surface area contributed by atoms with Crippen LogP contribution >= 0.6 is 0 Å². The van der Waals surface area contributed by atoms with Crippen molar-refractivity contribution in [3.05, 3.63) is 63.7 Å². The van der Waals surface area contributed by atoms with E-state index in [1.54, 1.807) is 12.1 Å². The number of anilines is 2. The second-order valence-corrected chi connectivity index (χ2v) is 5.96. The summed E-state index contributed by atoms with van der Waals surface area (Å²) in [5, 5.41) is 13.7. The molecule has 0 aromatic heterocycles. The first-order chi connectivity index (χ1) is 11.9. The second-order valence-electron chi connectivity index (χ2n) is 5.96. The van der Waals surface area contributed by atoms with Crippen molar-refractivity contribution in [3.63, 3.8) is 0 Å². The van der Waals surface area contributed by atoms with Gasteiger partial charge in [0.1, 0.15) is 6.54 Å². The summed E-state index contributed by atoms with van der Waals surface area (Å²) >= 11 is 0. The van der Waals surface area contributed by atoms with E-state index in [4.69, 9.17) is 0 Å². The third-order valence-corrected chi connectivity index (χ3v) is 4.11. The minimum absolute atomic E-state index is 0.0165. The third kappa shape index (κ3) is 3.65. The van der Waals surface area contributed by atoms with Gasteiger partial charge in [-0.15, -0.1) is 0 Å². The number of non-ortho nitro benzene ring substituents is 1. The summed E-state index contributed by atoms with van der Waals surface area (Å²) in [5.41, 5.74) is 2.98. The maximum atomic E-state index is 12.3. The zero-order valence-electron chi connectivity index (χ0n) is 13.7. The summed E-state index contributed by atoms with van der Waals surface area (Å²) in [5.74, 6) is -0.483. The fourth-order valence-electron chi connectivity index (χ4n) is 2.81. The maximum Gasteiger partial charge on any atom is 0.269 e. The number of rotatable bonds is 4. The largest absolute Gasteiger partial charge is 0.325 e. The smallest absolute Gasteiger partial charge is 0.269 e. The van der Waals surface area contributed by atoms with Crippen LogP contribution in [0, 0.1) is 17.0 Å². The Labute approximate surface area is 144 Å². The molecule has 0 radical (unpaired) electrons. The third-order valence-electron chi connectivity index (χ3n) is 4.11. The summed E-state index contributed by atoms with van der Waals surface area (Å²) in [6.07, 6.45) is 0.665. The Balaban J connectivity index is 1.78. The highest BCUT2D eigenvalue weighted by atomic mass is 16.6. The number of hydrogen-bond acceptors (Lipinski definition) is 4. The van der Waals surface area contributed by atoms with E-state index < -0.39 is 4.92 Å². The molecule has 0 saturated carbocycles. The molecule has 25 heavy (non-hydrogen) atoms. The van der Waals surface area contributed by atoms with E-state index in [1.807, 2.05) is 19.1 Å². The Bertz CT molecular complexity index is 846. The fourth-order valence-corrected chi connectivity index (χ4v) is 2.81. The lowest BCUT2D eigenvalue weighted by Gasteiger charge is -2.28. The van der Waals surface area contributed by atoms with Gasteiger partial charge in [-0.1, -0.05) is 17.7 Å². The molecule has 2 aromatic rings. The van der Waals surface area contributed by atoms with Gasteiger partial charge in [-0.3, -0.25) is 19.7 Å². The van der Waals surface area contributed by atoms with E-state index in [1.165, 1.54) is 23.1 Å². The number of benzene rings is 2. The Morgan fingerprint density at radius 3 is 2.60 bits per heavy atom. The Kier molecular flexibility index (Phi) is 4.47. The minimum atomic E-state index is -0.467. The van der Waals surface area contributed by atoms with E-state index in [2.05, 4.69) is 5.32 Å². The van der Waals surface area contributed by atoms with Crippen LogP contribution in [0.3, 0.4) is 0 Å². The van der Waals surface area contributed by atoms with E-state index in [9.17, 15) is 19.7 Å². The molecule has 0 atom stereocenters. The van der Waals surface area contributed by atoms with Crippen molar-refractivity contribution in [3.8, 4) is 0 Å². The van der Waals surface area contributed by atoms with Gasteiger partial charge in [0.15, 0.2) is 0 Å². The van der Waals surface area contributed by atoms with Crippen LogP contribution < -0.4 is 10.2 Å². The van der Waals surface area contributed by atoms with Crippen molar-refractivity contribution in [1.82, 2.24) is 0 Å². The Morgan fingerprint density at radius 2 is 1.92 bits per heavy atom. The summed E-state index contributed by atoms with van der Waals surface area (Å²) in [7, 11) is 0.